The summed E-state index contributed by atoms with van der Waals surface area (Å²) < 4.78 is 0. The molecule has 0 unspecified atom stereocenters. The third kappa shape index (κ3) is 0.905. The van der Waals surface area contributed by atoms with Crippen LogP contribution in [-0.4, -0.2) is 0 Å². The lowest BCUT2D eigenvalue weighted by Crippen LogP contribution is -2.44. The predicted molar refractivity (Wildman–Crippen MR) is 64.7 cm³/mol. The van der Waals surface area contributed by atoms with Crippen molar-refractivity contribution in [1.82, 2.24) is 0 Å². The van der Waals surface area contributed by atoms with E-state index in [9.17, 15) is 0 Å². The van der Waals surface area contributed by atoms with Gasteiger partial charge in [0, 0.05) is 0 Å². The molecule has 0 amide bonds. The molecule has 2 bridgehead atoms. The van der Waals surface area contributed by atoms with Crippen molar-refractivity contribution in [1.29, 1.82) is 0 Å². The van der Waals surface area contributed by atoms with Gasteiger partial charge in [0.1, 0.15) is 0 Å². The van der Waals surface area contributed by atoms with Gasteiger partial charge in [0.05, 0.1) is 0 Å². The van der Waals surface area contributed by atoms with Gasteiger partial charge in [-0.25, -0.2) is 0 Å². The molecule has 84 valence electrons. The summed E-state index contributed by atoms with van der Waals surface area (Å²) in [6.45, 7) is 10.0. The quantitative estimate of drug-likeness (QED) is 0.507. The average Bonchev–Trinajstić information content (AvgIpc) is 2.53. The first-order valence-electron chi connectivity index (χ1n) is 6.69. The lowest BCUT2D eigenvalue weighted by Gasteiger charge is -2.51. The van der Waals surface area contributed by atoms with Gasteiger partial charge in [0.2, 0.25) is 0 Å². The van der Waals surface area contributed by atoms with E-state index in [4.69, 9.17) is 0 Å². The molecular weight excluding hydrogens is 180 g/mol. The number of allylic oxidation sites excluding steroid dienone is 2. The molecular formula is C15H24. The van der Waals surface area contributed by atoms with Crippen LogP contribution in [0.15, 0.2) is 11.1 Å². The molecule has 0 nitrogen and oxygen atoms in total. The van der Waals surface area contributed by atoms with E-state index in [1.165, 1.54) is 32.1 Å². The van der Waals surface area contributed by atoms with Crippen LogP contribution in [0.4, 0.5) is 0 Å². The maximum Gasteiger partial charge on any atom is -0.000292 e. The Kier molecular flexibility index (Phi) is 1.79. The SMILES string of the molecule is CC1=C2C[C@@H]3CC[C@@H](C)[C@]2(CC1)C3(C)C. The van der Waals surface area contributed by atoms with Crippen molar-refractivity contribution in [2.75, 3.05) is 0 Å². The second-order valence-electron chi connectivity index (χ2n) is 6.83. The third-order valence-corrected chi connectivity index (χ3v) is 6.36. The molecule has 15 heavy (non-hydrogen) atoms. The minimum absolute atomic E-state index is 0.581. The molecule has 2 fully saturated rings. The first-order valence-corrected chi connectivity index (χ1v) is 6.69. The summed E-state index contributed by atoms with van der Waals surface area (Å²) in [5.74, 6) is 1.91. The highest BCUT2D eigenvalue weighted by molar-refractivity contribution is 5.37. The highest BCUT2D eigenvalue weighted by Crippen LogP contribution is 2.72. The van der Waals surface area contributed by atoms with Gasteiger partial charge in [0.15, 0.2) is 0 Å². The number of rotatable bonds is 0. The molecule has 0 N–H and O–H groups in total. The Morgan fingerprint density at radius 1 is 1.20 bits per heavy atom. The monoisotopic (exact) mass is 204 g/mol. The highest BCUT2D eigenvalue weighted by Gasteiger charge is 2.63. The van der Waals surface area contributed by atoms with Crippen LogP contribution < -0.4 is 0 Å². The van der Waals surface area contributed by atoms with Crippen LogP contribution >= 0.6 is 0 Å². The van der Waals surface area contributed by atoms with E-state index in [-0.39, 0.29) is 0 Å². The van der Waals surface area contributed by atoms with Crippen LogP contribution in [0.2, 0.25) is 0 Å². The van der Waals surface area contributed by atoms with Gasteiger partial charge in [0.25, 0.3) is 0 Å². The van der Waals surface area contributed by atoms with Crippen molar-refractivity contribution < 1.29 is 0 Å². The Hall–Kier alpha value is -0.260. The van der Waals surface area contributed by atoms with Gasteiger partial charge >= 0.3 is 0 Å². The molecule has 0 aromatic rings. The molecule has 1 spiro atoms. The van der Waals surface area contributed by atoms with Crippen LogP contribution in [0.5, 0.6) is 0 Å². The van der Waals surface area contributed by atoms with Crippen LogP contribution in [0, 0.1) is 22.7 Å². The van der Waals surface area contributed by atoms with Crippen molar-refractivity contribution >= 4 is 0 Å². The van der Waals surface area contributed by atoms with E-state index in [1.54, 1.807) is 5.57 Å². The summed E-state index contributed by atoms with van der Waals surface area (Å²) in [6.07, 6.45) is 7.23. The van der Waals surface area contributed by atoms with Crippen LogP contribution in [-0.2, 0) is 0 Å². The summed E-state index contributed by atoms with van der Waals surface area (Å²) in [6, 6.07) is 0. The van der Waals surface area contributed by atoms with E-state index in [0.717, 1.165) is 11.8 Å². The Morgan fingerprint density at radius 3 is 2.67 bits per heavy atom. The van der Waals surface area contributed by atoms with E-state index in [1.807, 2.05) is 5.57 Å². The maximum absolute atomic E-state index is 2.55. The smallest absolute Gasteiger partial charge is 0.000292 e. The van der Waals surface area contributed by atoms with Crippen LogP contribution in [0.25, 0.3) is 0 Å². The molecule has 0 heterocycles. The summed E-state index contributed by atoms with van der Waals surface area (Å²) >= 11 is 0. The summed E-state index contributed by atoms with van der Waals surface area (Å²) in [5.41, 5.74) is 4.83. The summed E-state index contributed by atoms with van der Waals surface area (Å²) in [5, 5.41) is 0. The number of hydrogen-bond acceptors (Lipinski definition) is 0. The molecule has 3 aliphatic carbocycles. The zero-order valence-electron chi connectivity index (χ0n) is 10.7. The van der Waals surface area contributed by atoms with Gasteiger partial charge in [-0.3, -0.25) is 0 Å². The number of hydrogen-bond donors (Lipinski definition) is 0. The fraction of sp³-hybridized carbons (Fsp3) is 0.867. The topological polar surface area (TPSA) is 0 Å². The number of fused-ring (bicyclic) bond motifs is 1. The zero-order chi connectivity index (χ0) is 10.8. The largest absolute Gasteiger partial charge is 0.0735 e. The molecule has 3 atom stereocenters. The van der Waals surface area contributed by atoms with Crippen molar-refractivity contribution in [3.63, 3.8) is 0 Å². The standard InChI is InChI=1S/C15H24/c1-10-7-8-15-11(2)5-6-12(9-13(10)15)14(15,3)4/h11-12H,5-9H2,1-4H3/t11-,12+,15+/m1/s1. The highest BCUT2D eigenvalue weighted by atomic mass is 14.7. The van der Waals surface area contributed by atoms with Crippen molar-refractivity contribution in [2.45, 2.75) is 59.8 Å². The Bertz CT molecular complexity index is 334. The molecule has 3 aliphatic rings. The van der Waals surface area contributed by atoms with Gasteiger partial charge in [-0.2, -0.15) is 0 Å². The van der Waals surface area contributed by atoms with Gasteiger partial charge in [-0.15, -0.1) is 0 Å². The van der Waals surface area contributed by atoms with Crippen LogP contribution in [0.1, 0.15) is 59.8 Å². The maximum atomic E-state index is 2.55. The lowest BCUT2D eigenvalue weighted by atomic mass is 9.53. The molecule has 0 radical (unpaired) electrons. The van der Waals surface area contributed by atoms with Crippen molar-refractivity contribution in [2.24, 2.45) is 22.7 Å². The summed E-state index contributed by atoms with van der Waals surface area (Å²) in [4.78, 5) is 0. The van der Waals surface area contributed by atoms with Gasteiger partial charge in [-0.1, -0.05) is 31.9 Å². The van der Waals surface area contributed by atoms with Gasteiger partial charge in [-0.05, 0) is 61.7 Å². The Labute approximate surface area is 94.1 Å². The van der Waals surface area contributed by atoms with E-state index >= 15 is 0 Å². The first-order chi connectivity index (χ1) is 7.00. The second-order valence-corrected chi connectivity index (χ2v) is 6.83. The normalized spacial score (nSPS) is 47.2. The summed E-state index contributed by atoms with van der Waals surface area (Å²) in [7, 11) is 0. The van der Waals surface area contributed by atoms with Crippen LogP contribution in [0.3, 0.4) is 0 Å². The Balaban J connectivity index is 2.20. The van der Waals surface area contributed by atoms with Gasteiger partial charge < -0.3 is 0 Å². The van der Waals surface area contributed by atoms with Crippen molar-refractivity contribution in [3.05, 3.63) is 11.1 Å². The molecule has 0 saturated heterocycles. The molecule has 0 aliphatic heterocycles. The fourth-order valence-corrected chi connectivity index (χ4v) is 5.34. The Morgan fingerprint density at radius 2 is 1.93 bits per heavy atom. The van der Waals surface area contributed by atoms with E-state index in [0.29, 0.717) is 10.8 Å². The minimum Gasteiger partial charge on any atom is -0.0735 e. The second kappa shape index (κ2) is 2.70. The van der Waals surface area contributed by atoms with Crippen molar-refractivity contribution in [3.8, 4) is 0 Å². The fourth-order valence-electron chi connectivity index (χ4n) is 5.34. The zero-order valence-corrected chi connectivity index (χ0v) is 10.7. The average molecular weight is 204 g/mol. The molecule has 3 rings (SSSR count). The molecule has 2 saturated carbocycles. The lowest BCUT2D eigenvalue weighted by molar-refractivity contribution is -0.00753. The third-order valence-electron chi connectivity index (χ3n) is 6.36. The van der Waals surface area contributed by atoms with E-state index in [2.05, 4.69) is 27.7 Å². The molecule has 0 aromatic carbocycles. The molecule has 0 aromatic heterocycles. The first kappa shape index (κ1) is 9.93. The van der Waals surface area contributed by atoms with E-state index < -0.39 is 0 Å². The minimum atomic E-state index is 0.581. The predicted octanol–water partition coefficient (Wildman–Crippen LogP) is 4.56. The molecule has 0 heteroatoms.